The summed E-state index contributed by atoms with van der Waals surface area (Å²) in [5, 5.41) is 1.67. The number of thiophene rings is 1. The molecule has 2 nitrogen and oxygen atoms in total. The summed E-state index contributed by atoms with van der Waals surface area (Å²) in [5.41, 5.74) is 5.47. The number of nitrogens with one attached hydrogen (secondary N) is 1. The van der Waals surface area contributed by atoms with Gasteiger partial charge in [0.1, 0.15) is 0 Å². The van der Waals surface area contributed by atoms with Crippen molar-refractivity contribution in [3.8, 4) is 10.4 Å². The van der Waals surface area contributed by atoms with E-state index in [0.717, 1.165) is 33.5 Å². The Balaban J connectivity index is 1.72. The molecule has 28 heavy (non-hydrogen) atoms. The van der Waals surface area contributed by atoms with Gasteiger partial charge < -0.3 is 0 Å². The predicted molar refractivity (Wildman–Crippen MR) is 116 cm³/mol. The van der Waals surface area contributed by atoms with E-state index < -0.39 is 11.6 Å². The highest BCUT2D eigenvalue weighted by Gasteiger charge is 2.25. The Labute approximate surface area is 171 Å². The SMILES string of the molecule is CSc1cccc(-c2ccc(C3=CCC(C)NN3c3cccc(F)c3F)s2)c1. The van der Waals surface area contributed by atoms with Crippen LogP contribution >= 0.6 is 23.1 Å². The molecule has 0 saturated heterocycles. The lowest BCUT2D eigenvalue weighted by Gasteiger charge is -2.34. The zero-order valence-electron chi connectivity index (χ0n) is 15.6. The maximum Gasteiger partial charge on any atom is 0.183 e. The van der Waals surface area contributed by atoms with Crippen LogP contribution in [0.4, 0.5) is 14.5 Å². The van der Waals surface area contributed by atoms with Gasteiger partial charge in [-0.1, -0.05) is 24.3 Å². The largest absolute Gasteiger partial charge is 0.273 e. The molecule has 0 radical (unpaired) electrons. The van der Waals surface area contributed by atoms with Crippen LogP contribution in [0.2, 0.25) is 0 Å². The Kier molecular flexibility index (Phi) is 5.53. The zero-order chi connectivity index (χ0) is 19.7. The van der Waals surface area contributed by atoms with Crippen molar-refractivity contribution in [1.29, 1.82) is 0 Å². The van der Waals surface area contributed by atoms with E-state index in [1.165, 1.54) is 11.0 Å². The van der Waals surface area contributed by atoms with Crippen LogP contribution in [0.1, 0.15) is 18.2 Å². The Morgan fingerprint density at radius 1 is 1.07 bits per heavy atom. The second kappa shape index (κ2) is 8.07. The van der Waals surface area contributed by atoms with Crippen LogP contribution in [0.25, 0.3) is 16.1 Å². The van der Waals surface area contributed by atoms with E-state index in [-0.39, 0.29) is 11.7 Å². The number of halogens is 2. The number of nitrogens with zero attached hydrogens (tertiary/aromatic N) is 1. The first-order valence-electron chi connectivity index (χ1n) is 9.02. The van der Waals surface area contributed by atoms with Crippen molar-refractivity contribution < 1.29 is 8.78 Å². The molecular formula is C22H20F2N2S2. The minimum absolute atomic E-state index is 0.129. The molecule has 4 rings (SSSR count). The van der Waals surface area contributed by atoms with Gasteiger partial charge in [-0.05, 0) is 61.6 Å². The van der Waals surface area contributed by atoms with Gasteiger partial charge in [-0.2, -0.15) is 0 Å². The monoisotopic (exact) mass is 414 g/mol. The lowest BCUT2D eigenvalue weighted by molar-refractivity contribution is 0.493. The molecule has 1 atom stereocenters. The molecule has 0 fully saturated rings. The first kappa shape index (κ1) is 19.2. The number of hydrogen-bond donors (Lipinski definition) is 1. The van der Waals surface area contributed by atoms with E-state index in [4.69, 9.17) is 0 Å². The number of anilines is 1. The van der Waals surface area contributed by atoms with Gasteiger partial charge in [0.15, 0.2) is 11.6 Å². The van der Waals surface area contributed by atoms with Crippen LogP contribution in [-0.2, 0) is 0 Å². The number of benzene rings is 2. The highest BCUT2D eigenvalue weighted by atomic mass is 32.2. The molecule has 144 valence electrons. The average molecular weight is 415 g/mol. The molecule has 0 bridgehead atoms. The van der Waals surface area contributed by atoms with Crippen molar-refractivity contribution in [2.45, 2.75) is 24.3 Å². The number of rotatable bonds is 4. The Morgan fingerprint density at radius 3 is 2.68 bits per heavy atom. The molecule has 3 aromatic rings. The van der Waals surface area contributed by atoms with E-state index in [0.29, 0.717) is 0 Å². The molecule has 0 spiro atoms. The topological polar surface area (TPSA) is 15.3 Å². The normalized spacial score (nSPS) is 16.9. The van der Waals surface area contributed by atoms with Crippen molar-refractivity contribution in [2.24, 2.45) is 0 Å². The maximum absolute atomic E-state index is 14.5. The summed E-state index contributed by atoms with van der Waals surface area (Å²) < 4.78 is 28.3. The summed E-state index contributed by atoms with van der Waals surface area (Å²) >= 11 is 3.36. The fraction of sp³-hybridized carbons (Fsp3) is 0.182. The molecule has 6 heteroatoms. The van der Waals surface area contributed by atoms with E-state index in [2.05, 4.69) is 48.1 Å². The van der Waals surface area contributed by atoms with Crippen molar-refractivity contribution in [3.63, 3.8) is 0 Å². The van der Waals surface area contributed by atoms with Gasteiger partial charge in [0.2, 0.25) is 0 Å². The van der Waals surface area contributed by atoms with Gasteiger partial charge >= 0.3 is 0 Å². The summed E-state index contributed by atoms with van der Waals surface area (Å²) in [7, 11) is 0. The Bertz CT molecular complexity index is 1030. The number of hydrogen-bond acceptors (Lipinski definition) is 4. The molecule has 2 heterocycles. The average Bonchev–Trinajstić information content (AvgIpc) is 3.20. The lowest BCUT2D eigenvalue weighted by atomic mass is 10.1. The molecule has 1 aromatic heterocycles. The predicted octanol–water partition coefficient (Wildman–Crippen LogP) is 6.56. The third-order valence-electron chi connectivity index (χ3n) is 4.64. The van der Waals surface area contributed by atoms with Crippen LogP contribution in [0.15, 0.2) is 65.6 Å². The molecule has 1 unspecified atom stereocenters. The second-order valence-electron chi connectivity index (χ2n) is 6.66. The summed E-state index contributed by atoms with van der Waals surface area (Å²) in [4.78, 5) is 3.36. The quantitative estimate of drug-likeness (QED) is 0.487. The first-order chi connectivity index (χ1) is 13.6. The fourth-order valence-corrected chi connectivity index (χ4v) is 4.70. The number of thioether (sulfide) groups is 1. The van der Waals surface area contributed by atoms with Crippen LogP contribution < -0.4 is 10.4 Å². The molecule has 1 aliphatic rings. The van der Waals surface area contributed by atoms with Gasteiger partial charge in [-0.25, -0.2) is 14.2 Å². The zero-order valence-corrected chi connectivity index (χ0v) is 17.2. The van der Waals surface area contributed by atoms with Crippen molar-refractivity contribution >= 4 is 34.5 Å². The smallest absolute Gasteiger partial charge is 0.183 e. The fourth-order valence-electron chi connectivity index (χ4n) is 3.20. The van der Waals surface area contributed by atoms with Gasteiger partial charge in [0.25, 0.3) is 0 Å². The van der Waals surface area contributed by atoms with Gasteiger partial charge in [-0.15, -0.1) is 23.1 Å². The standard InChI is InChI=1S/C22H20F2N2S2/c1-14-9-10-18(26(25-14)19-8-4-7-17(23)22(19)24)21-12-11-20(28-21)15-5-3-6-16(13-15)27-2/h3-8,10-14,25H,9H2,1-2H3. The van der Waals surface area contributed by atoms with Gasteiger partial charge in [0, 0.05) is 15.8 Å². The maximum atomic E-state index is 14.5. The van der Waals surface area contributed by atoms with E-state index in [1.54, 1.807) is 34.2 Å². The van der Waals surface area contributed by atoms with Crippen LogP contribution in [0.3, 0.4) is 0 Å². The van der Waals surface area contributed by atoms with Crippen molar-refractivity contribution in [2.75, 3.05) is 11.3 Å². The van der Waals surface area contributed by atoms with Crippen LogP contribution in [-0.4, -0.2) is 12.3 Å². The highest BCUT2D eigenvalue weighted by Crippen LogP contribution is 2.38. The molecule has 1 N–H and O–H groups in total. The summed E-state index contributed by atoms with van der Waals surface area (Å²) in [6.45, 7) is 2.02. The second-order valence-corrected chi connectivity index (χ2v) is 8.62. The third-order valence-corrected chi connectivity index (χ3v) is 6.52. The molecule has 1 aliphatic heterocycles. The van der Waals surface area contributed by atoms with Crippen LogP contribution in [0.5, 0.6) is 0 Å². The van der Waals surface area contributed by atoms with Crippen molar-refractivity contribution in [1.82, 2.24) is 5.43 Å². The van der Waals surface area contributed by atoms with Crippen molar-refractivity contribution in [3.05, 3.63) is 77.2 Å². The van der Waals surface area contributed by atoms with Gasteiger partial charge in [0.05, 0.1) is 16.3 Å². The minimum Gasteiger partial charge on any atom is -0.273 e. The van der Waals surface area contributed by atoms with E-state index in [1.807, 2.05) is 13.0 Å². The Morgan fingerprint density at radius 2 is 1.86 bits per heavy atom. The minimum atomic E-state index is -0.849. The van der Waals surface area contributed by atoms with Crippen LogP contribution in [0, 0.1) is 11.6 Å². The molecule has 0 saturated carbocycles. The number of hydrazine groups is 1. The summed E-state index contributed by atoms with van der Waals surface area (Å²) in [5.74, 6) is -1.70. The van der Waals surface area contributed by atoms with E-state index >= 15 is 0 Å². The molecular weight excluding hydrogens is 394 g/mol. The Hall–Kier alpha value is -2.15. The first-order valence-corrected chi connectivity index (χ1v) is 11.1. The summed E-state index contributed by atoms with van der Waals surface area (Å²) in [6, 6.07) is 16.9. The molecule has 2 aromatic carbocycles. The molecule has 0 amide bonds. The molecule has 0 aliphatic carbocycles. The van der Waals surface area contributed by atoms with E-state index in [9.17, 15) is 8.78 Å². The summed E-state index contributed by atoms with van der Waals surface area (Å²) in [6.07, 6.45) is 4.96. The van der Waals surface area contributed by atoms with Gasteiger partial charge in [-0.3, -0.25) is 5.01 Å². The third kappa shape index (κ3) is 3.72. The highest BCUT2D eigenvalue weighted by molar-refractivity contribution is 7.98. The lowest BCUT2D eigenvalue weighted by Crippen LogP contribution is -2.45.